The Morgan fingerprint density at radius 1 is 1.44 bits per heavy atom. The second-order valence-corrected chi connectivity index (χ2v) is 4.53. The predicted octanol–water partition coefficient (Wildman–Crippen LogP) is 2.32. The summed E-state index contributed by atoms with van der Waals surface area (Å²) in [6.45, 7) is 6.28. The summed E-state index contributed by atoms with van der Waals surface area (Å²) in [6, 6.07) is 2.30. The zero-order valence-electron chi connectivity index (χ0n) is 11.3. The molecule has 2 aromatic heterocycles. The van der Waals surface area contributed by atoms with Crippen molar-refractivity contribution in [3.63, 3.8) is 0 Å². The number of nitrogens with one attached hydrogen (secondary N) is 1. The van der Waals surface area contributed by atoms with Crippen LogP contribution in [0.2, 0.25) is 0 Å². The fraction of sp³-hybridized carbons (Fsp3) is 0.538. The van der Waals surface area contributed by atoms with Crippen LogP contribution in [0.25, 0.3) is 0 Å². The Kier molecular flexibility index (Phi) is 3.81. The molecular formula is C13H20N4O. The van der Waals surface area contributed by atoms with Crippen molar-refractivity contribution in [2.75, 3.05) is 7.05 Å². The van der Waals surface area contributed by atoms with E-state index in [0.29, 0.717) is 0 Å². The molecule has 0 spiro atoms. The van der Waals surface area contributed by atoms with Gasteiger partial charge in [0.2, 0.25) is 0 Å². The van der Waals surface area contributed by atoms with E-state index in [0.717, 1.165) is 23.6 Å². The van der Waals surface area contributed by atoms with Crippen LogP contribution in [0.3, 0.4) is 0 Å². The average Bonchev–Trinajstić information content (AvgIpc) is 2.98. The van der Waals surface area contributed by atoms with Gasteiger partial charge in [0.05, 0.1) is 12.3 Å². The van der Waals surface area contributed by atoms with Crippen LogP contribution in [0, 0.1) is 0 Å². The molecule has 18 heavy (non-hydrogen) atoms. The third kappa shape index (κ3) is 2.18. The van der Waals surface area contributed by atoms with E-state index < -0.39 is 0 Å². The molecule has 0 saturated heterocycles. The van der Waals surface area contributed by atoms with Gasteiger partial charge in [-0.05, 0) is 27.0 Å². The van der Waals surface area contributed by atoms with Gasteiger partial charge in [-0.25, -0.2) is 9.67 Å². The van der Waals surface area contributed by atoms with Crippen molar-refractivity contribution >= 4 is 0 Å². The fourth-order valence-corrected chi connectivity index (χ4v) is 2.18. The zero-order valence-corrected chi connectivity index (χ0v) is 11.3. The van der Waals surface area contributed by atoms with E-state index in [9.17, 15) is 0 Å². The molecule has 2 aromatic rings. The highest BCUT2D eigenvalue weighted by Gasteiger charge is 2.23. The van der Waals surface area contributed by atoms with Crippen LogP contribution < -0.4 is 5.32 Å². The fourth-order valence-electron chi connectivity index (χ4n) is 2.18. The molecule has 0 aromatic carbocycles. The van der Waals surface area contributed by atoms with E-state index in [1.54, 1.807) is 12.6 Å². The van der Waals surface area contributed by atoms with Crippen LogP contribution in [0.15, 0.2) is 23.1 Å². The van der Waals surface area contributed by atoms with Gasteiger partial charge < -0.3 is 9.73 Å². The number of hydrogen-bond acceptors (Lipinski definition) is 4. The summed E-state index contributed by atoms with van der Waals surface area (Å²) in [5, 5.41) is 7.58. The molecule has 0 bridgehead atoms. The monoisotopic (exact) mass is 248 g/mol. The van der Waals surface area contributed by atoms with E-state index in [1.807, 2.05) is 17.8 Å². The molecule has 0 aliphatic heterocycles. The third-order valence-electron chi connectivity index (χ3n) is 3.05. The SMILES string of the molecule is CCc1occc1C(NC)c1ncnn1C(C)C. The topological polar surface area (TPSA) is 55.9 Å². The van der Waals surface area contributed by atoms with Gasteiger partial charge in [0.1, 0.15) is 17.9 Å². The van der Waals surface area contributed by atoms with Crippen molar-refractivity contribution in [3.05, 3.63) is 35.8 Å². The normalized spacial score (nSPS) is 13.2. The Labute approximate surface area is 107 Å². The zero-order chi connectivity index (χ0) is 13.1. The Morgan fingerprint density at radius 2 is 2.22 bits per heavy atom. The van der Waals surface area contributed by atoms with Gasteiger partial charge in [-0.15, -0.1) is 0 Å². The number of nitrogens with zero attached hydrogens (tertiary/aromatic N) is 3. The maximum atomic E-state index is 5.50. The lowest BCUT2D eigenvalue weighted by Gasteiger charge is -2.18. The van der Waals surface area contributed by atoms with Crippen LogP contribution >= 0.6 is 0 Å². The molecule has 2 rings (SSSR count). The smallest absolute Gasteiger partial charge is 0.148 e. The Bertz CT molecular complexity index is 501. The van der Waals surface area contributed by atoms with E-state index in [2.05, 4.69) is 36.2 Å². The van der Waals surface area contributed by atoms with Crippen molar-refractivity contribution in [1.29, 1.82) is 0 Å². The molecule has 98 valence electrons. The first-order valence-electron chi connectivity index (χ1n) is 6.32. The van der Waals surface area contributed by atoms with Crippen LogP contribution in [0.1, 0.15) is 50.0 Å². The first kappa shape index (κ1) is 12.8. The van der Waals surface area contributed by atoms with Crippen molar-refractivity contribution in [2.24, 2.45) is 0 Å². The van der Waals surface area contributed by atoms with E-state index in [4.69, 9.17) is 4.42 Å². The molecule has 5 heteroatoms. The standard InChI is InChI=1S/C13H20N4O/c1-5-11-10(6-7-18-11)12(14-4)13-15-8-16-17(13)9(2)3/h6-9,12,14H,5H2,1-4H3. The Balaban J connectivity index is 2.42. The van der Waals surface area contributed by atoms with Crippen LogP contribution in [0.5, 0.6) is 0 Å². The van der Waals surface area contributed by atoms with Gasteiger partial charge in [0, 0.05) is 18.0 Å². The first-order valence-corrected chi connectivity index (χ1v) is 6.32. The maximum absolute atomic E-state index is 5.50. The second-order valence-electron chi connectivity index (χ2n) is 4.53. The highest BCUT2D eigenvalue weighted by atomic mass is 16.3. The summed E-state index contributed by atoms with van der Waals surface area (Å²) in [5.74, 6) is 1.91. The van der Waals surface area contributed by atoms with Gasteiger partial charge in [-0.1, -0.05) is 6.92 Å². The highest BCUT2D eigenvalue weighted by Crippen LogP contribution is 2.26. The van der Waals surface area contributed by atoms with Crippen molar-refractivity contribution in [1.82, 2.24) is 20.1 Å². The molecule has 1 N–H and O–H groups in total. The predicted molar refractivity (Wildman–Crippen MR) is 69.4 cm³/mol. The Morgan fingerprint density at radius 3 is 2.83 bits per heavy atom. The number of hydrogen-bond donors (Lipinski definition) is 1. The molecule has 0 aliphatic rings. The molecule has 0 radical (unpaired) electrons. The summed E-state index contributed by atoms with van der Waals surface area (Å²) in [4.78, 5) is 4.39. The number of aryl methyl sites for hydroxylation is 1. The minimum atomic E-state index is 0.0172. The molecule has 0 amide bonds. The molecule has 5 nitrogen and oxygen atoms in total. The van der Waals surface area contributed by atoms with Crippen LogP contribution in [-0.2, 0) is 6.42 Å². The highest BCUT2D eigenvalue weighted by molar-refractivity contribution is 5.27. The summed E-state index contributed by atoms with van der Waals surface area (Å²) >= 11 is 0. The molecule has 1 unspecified atom stereocenters. The van der Waals surface area contributed by atoms with Gasteiger partial charge >= 0.3 is 0 Å². The second kappa shape index (κ2) is 5.35. The van der Waals surface area contributed by atoms with Crippen molar-refractivity contribution in [2.45, 2.75) is 39.3 Å². The third-order valence-corrected chi connectivity index (χ3v) is 3.05. The lowest BCUT2D eigenvalue weighted by molar-refractivity contribution is 0.466. The summed E-state index contributed by atoms with van der Waals surface area (Å²) < 4.78 is 7.44. The summed E-state index contributed by atoms with van der Waals surface area (Å²) in [6.07, 6.45) is 4.20. The van der Waals surface area contributed by atoms with Gasteiger partial charge in [-0.3, -0.25) is 0 Å². The van der Waals surface area contributed by atoms with Gasteiger partial charge in [0.25, 0.3) is 0 Å². The van der Waals surface area contributed by atoms with Crippen LogP contribution in [0.4, 0.5) is 0 Å². The van der Waals surface area contributed by atoms with Crippen molar-refractivity contribution in [3.8, 4) is 0 Å². The molecular weight excluding hydrogens is 228 g/mol. The summed E-state index contributed by atoms with van der Waals surface area (Å²) in [5.41, 5.74) is 1.13. The molecule has 2 heterocycles. The first-order chi connectivity index (χ1) is 8.69. The van der Waals surface area contributed by atoms with E-state index in [-0.39, 0.29) is 12.1 Å². The maximum Gasteiger partial charge on any atom is 0.148 e. The lowest BCUT2D eigenvalue weighted by Crippen LogP contribution is -2.23. The van der Waals surface area contributed by atoms with Crippen LogP contribution in [-0.4, -0.2) is 21.8 Å². The number of furan rings is 1. The minimum absolute atomic E-state index is 0.0172. The molecule has 0 fully saturated rings. The quantitative estimate of drug-likeness (QED) is 0.882. The number of rotatable bonds is 5. The van der Waals surface area contributed by atoms with Gasteiger partial charge in [-0.2, -0.15) is 5.10 Å². The summed E-state index contributed by atoms with van der Waals surface area (Å²) in [7, 11) is 1.93. The lowest BCUT2D eigenvalue weighted by atomic mass is 10.1. The molecule has 0 saturated carbocycles. The molecule has 0 aliphatic carbocycles. The van der Waals surface area contributed by atoms with Gasteiger partial charge in [0.15, 0.2) is 0 Å². The van der Waals surface area contributed by atoms with Crippen molar-refractivity contribution < 1.29 is 4.42 Å². The Hall–Kier alpha value is -1.62. The number of aromatic nitrogens is 3. The largest absolute Gasteiger partial charge is 0.469 e. The van der Waals surface area contributed by atoms with E-state index in [1.165, 1.54) is 0 Å². The minimum Gasteiger partial charge on any atom is -0.469 e. The van der Waals surface area contributed by atoms with E-state index >= 15 is 0 Å². The average molecular weight is 248 g/mol. The molecule has 1 atom stereocenters.